The molecule has 0 amide bonds. The molecule has 56 valence electrons. The number of likely N-dealkylation sites (N-methyl/N-ethyl adjacent to an activating group) is 2. The largest absolute Gasteiger partial charge is 0.318 e. The second-order valence-electron chi connectivity index (χ2n) is 1.86. The molecule has 0 aliphatic rings. The SMILES string of the molecule is CNCCN(C)P(P)P. The second kappa shape index (κ2) is 5.96. The summed E-state index contributed by atoms with van der Waals surface area (Å²) in [6.45, 7) is 2.19. The van der Waals surface area contributed by atoms with Gasteiger partial charge in [-0.25, -0.2) is 0 Å². The van der Waals surface area contributed by atoms with E-state index in [9.17, 15) is 0 Å². The molecule has 0 aliphatic carbocycles. The first-order valence-corrected chi connectivity index (χ1v) is 7.36. The van der Waals surface area contributed by atoms with E-state index in [1.807, 2.05) is 7.05 Å². The monoisotopic (exact) mass is 184 g/mol. The highest BCUT2D eigenvalue weighted by Gasteiger charge is 1.99. The van der Waals surface area contributed by atoms with Gasteiger partial charge in [0.2, 0.25) is 0 Å². The zero-order chi connectivity index (χ0) is 7.28. The Morgan fingerprint density at radius 1 is 1.56 bits per heavy atom. The number of rotatable bonds is 4. The van der Waals surface area contributed by atoms with Gasteiger partial charge in [-0.2, -0.15) is 0 Å². The van der Waals surface area contributed by atoms with E-state index in [-0.39, 0.29) is 7.45 Å². The predicted octanol–water partition coefficient (Wildman–Crippen LogP) is 1.11. The van der Waals surface area contributed by atoms with Crippen LogP contribution < -0.4 is 5.32 Å². The van der Waals surface area contributed by atoms with Crippen LogP contribution in [0.25, 0.3) is 0 Å². The maximum Gasteiger partial charge on any atom is 0.0149 e. The van der Waals surface area contributed by atoms with Crippen LogP contribution in [0.15, 0.2) is 0 Å². The van der Waals surface area contributed by atoms with Crippen molar-refractivity contribution in [2.45, 2.75) is 0 Å². The normalized spacial score (nSPS) is 11.3. The Kier molecular flexibility index (Phi) is 6.76. The molecular formula is C4H15N2P3. The van der Waals surface area contributed by atoms with Crippen molar-refractivity contribution in [2.75, 3.05) is 27.2 Å². The molecule has 0 aromatic heterocycles. The number of nitrogens with zero attached hydrogens (tertiary/aromatic N) is 1. The summed E-state index contributed by atoms with van der Waals surface area (Å²) in [5.41, 5.74) is 0. The smallest absolute Gasteiger partial charge is 0.0149 e. The summed E-state index contributed by atoms with van der Waals surface area (Å²) < 4.78 is 2.31. The van der Waals surface area contributed by atoms with Crippen molar-refractivity contribution in [2.24, 2.45) is 0 Å². The number of hydrogen-bond donors (Lipinski definition) is 1. The molecule has 0 fully saturated rings. The average molecular weight is 184 g/mol. The van der Waals surface area contributed by atoms with Crippen LogP contribution in [0.5, 0.6) is 0 Å². The van der Waals surface area contributed by atoms with Gasteiger partial charge in [0.1, 0.15) is 0 Å². The zero-order valence-electron chi connectivity index (χ0n) is 5.96. The summed E-state index contributed by atoms with van der Waals surface area (Å²) in [5.74, 6) is 0. The van der Waals surface area contributed by atoms with E-state index < -0.39 is 0 Å². The molecule has 0 heterocycles. The van der Waals surface area contributed by atoms with E-state index in [0.29, 0.717) is 0 Å². The molecule has 0 rings (SSSR count). The van der Waals surface area contributed by atoms with E-state index in [0.717, 1.165) is 13.1 Å². The molecule has 0 saturated carbocycles. The van der Waals surface area contributed by atoms with E-state index in [2.05, 4.69) is 34.9 Å². The van der Waals surface area contributed by atoms with Crippen LogP contribution in [0.3, 0.4) is 0 Å². The Balaban J connectivity index is 3.16. The van der Waals surface area contributed by atoms with Gasteiger partial charge in [0.05, 0.1) is 0 Å². The fourth-order valence-corrected chi connectivity index (χ4v) is 1.41. The van der Waals surface area contributed by atoms with E-state index >= 15 is 0 Å². The van der Waals surface area contributed by atoms with Crippen molar-refractivity contribution >= 4 is 25.3 Å². The van der Waals surface area contributed by atoms with Crippen molar-refractivity contribution in [1.29, 1.82) is 0 Å². The summed E-state index contributed by atoms with van der Waals surface area (Å²) in [4.78, 5) is 0. The minimum atomic E-state index is -0.0466. The third-order valence-electron chi connectivity index (χ3n) is 1.08. The fraction of sp³-hybridized carbons (Fsp3) is 1.00. The highest BCUT2D eigenvalue weighted by Crippen LogP contribution is 2.54. The van der Waals surface area contributed by atoms with E-state index in [1.54, 1.807) is 0 Å². The molecule has 9 heavy (non-hydrogen) atoms. The minimum absolute atomic E-state index is 0.0466. The van der Waals surface area contributed by atoms with Crippen LogP contribution in [0, 0.1) is 0 Å². The lowest BCUT2D eigenvalue weighted by molar-refractivity contribution is 0.544. The molecular weight excluding hydrogens is 169 g/mol. The van der Waals surface area contributed by atoms with Gasteiger partial charge >= 0.3 is 0 Å². The number of hydrogen-bond acceptors (Lipinski definition) is 2. The minimum Gasteiger partial charge on any atom is -0.318 e. The predicted molar refractivity (Wildman–Crippen MR) is 52.9 cm³/mol. The highest BCUT2D eigenvalue weighted by molar-refractivity contribution is 8.42. The van der Waals surface area contributed by atoms with Crippen LogP contribution in [-0.2, 0) is 0 Å². The van der Waals surface area contributed by atoms with E-state index in [4.69, 9.17) is 0 Å². The van der Waals surface area contributed by atoms with Crippen LogP contribution in [0.4, 0.5) is 0 Å². The van der Waals surface area contributed by atoms with Crippen molar-refractivity contribution in [3.05, 3.63) is 0 Å². The molecule has 0 bridgehead atoms. The Bertz CT molecular complexity index is 68.8. The third-order valence-corrected chi connectivity index (χ3v) is 4.43. The molecule has 1 N–H and O–H groups in total. The molecule has 0 spiro atoms. The lowest BCUT2D eigenvalue weighted by Crippen LogP contribution is -2.21. The van der Waals surface area contributed by atoms with Gasteiger partial charge < -0.3 is 5.32 Å². The fourth-order valence-electron chi connectivity index (χ4n) is 0.389. The standard InChI is InChI=1S/C4H15N2P3/c1-5-3-4-6(2)9(7)8/h5H,3-4,7-8H2,1-2H3. The topological polar surface area (TPSA) is 15.3 Å². The third kappa shape index (κ3) is 5.64. The van der Waals surface area contributed by atoms with E-state index in [1.165, 1.54) is 0 Å². The van der Waals surface area contributed by atoms with Gasteiger partial charge in [-0.05, 0) is 14.1 Å². The molecule has 0 aliphatic heterocycles. The number of nitrogens with one attached hydrogen (secondary N) is 1. The highest BCUT2D eigenvalue weighted by atomic mass is 32.4. The van der Waals surface area contributed by atoms with Gasteiger partial charge in [0.15, 0.2) is 0 Å². The Labute approximate surface area is 63.1 Å². The molecule has 0 aromatic carbocycles. The Morgan fingerprint density at radius 3 is 2.44 bits per heavy atom. The first kappa shape index (κ1) is 10.2. The second-order valence-corrected chi connectivity index (χ2v) is 8.27. The maximum atomic E-state index is 3.10. The van der Waals surface area contributed by atoms with Crippen molar-refractivity contribution in [1.82, 2.24) is 9.99 Å². The summed E-state index contributed by atoms with van der Waals surface area (Å²) in [6.07, 6.45) is 0. The molecule has 2 unspecified atom stereocenters. The van der Waals surface area contributed by atoms with Crippen molar-refractivity contribution in [3.63, 3.8) is 0 Å². The van der Waals surface area contributed by atoms with Crippen LogP contribution in [0.2, 0.25) is 0 Å². The summed E-state index contributed by atoms with van der Waals surface area (Å²) in [5, 5.41) is 3.10. The summed E-state index contributed by atoms with van der Waals surface area (Å²) >= 11 is 0. The molecule has 0 aromatic rings. The van der Waals surface area contributed by atoms with Gasteiger partial charge in [-0.15, -0.1) is 0 Å². The zero-order valence-corrected chi connectivity index (χ0v) is 9.17. The van der Waals surface area contributed by atoms with Crippen LogP contribution in [0.1, 0.15) is 0 Å². The van der Waals surface area contributed by atoms with Gasteiger partial charge in [-0.3, -0.25) is 4.67 Å². The Hall–Kier alpha value is 1.21. The molecule has 5 heteroatoms. The first-order chi connectivity index (χ1) is 4.18. The van der Waals surface area contributed by atoms with Crippen molar-refractivity contribution in [3.8, 4) is 0 Å². The maximum absolute atomic E-state index is 3.10. The lowest BCUT2D eigenvalue weighted by Gasteiger charge is -2.19. The van der Waals surface area contributed by atoms with Crippen LogP contribution in [-0.4, -0.2) is 31.9 Å². The molecule has 2 atom stereocenters. The molecule has 0 radical (unpaired) electrons. The van der Waals surface area contributed by atoms with Gasteiger partial charge in [0, 0.05) is 20.5 Å². The van der Waals surface area contributed by atoms with Crippen LogP contribution >= 0.6 is 25.3 Å². The first-order valence-electron chi connectivity index (χ1n) is 2.83. The summed E-state index contributed by atoms with van der Waals surface area (Å²) in [6, 6.07) is 0. The summed E-state index contributed by atoms with van der Waals surface area (Å²) in [7, 11) is 9.64. The quantitative estimate of drug-likeness (QED) is 0.658. The molecule has 2 nitrogen and oxygen atoms in total. The van der Waals surface area contributed by atoms with Gasteiger partial charge in [0.25, 0.3) is 0 Å². The molecule has 0 saturated heterocycles. The van der Waals surface area contributed by atoms with Gasteiger partial charge in [-0.1, -0.05) is 17.9 Å². The van der Waals surface area contributed by atoms with Crippen molar-refractivity contribution < 1.29 is 0 Å². The average Bonchev–Trinajstić information content (AvgIpc) is 1.82. The Morgan fingerprint density at radius 2 is 2.11 bits per heavy atom. The lowest BCUT2D eigenvalue weighted by atomic mass is 10.6.